The standard InChI is InChI=1S/C10H12N2O2/c11-12-10(13)8-5-7-3-1-2-4-9(7)14-6-8/h1-4,8H,5-6,11H2,(H,12,13). The molecule has 1 aromatic carbocycles. The molecule has 1 aliphatic rings. The minimum Gasteiger partial charge on any atom is -0.492 e. The maximum Gasteiger partial charge on any atom is 0.240 e. The van der Waals surface area contributed by atoms with Gasteiger partial charge < -0.3 is 4.74 Å². The lowest BCUT2D eigenvalue weighted by Gasteiger charge is -2.23. The van der Waals surface area contributed by atoms with Gasteiger partial charge in [0.1, 0.15) is 12.4 Å². The van der Waals surface area contributed by atoms with Crippen molar-refractivity contribution < 1.29 is 9.53 Å². The molecule has 4 nitrogen and oxygen atoms in total. The number of para-hydroxylation sites is 1. The first kappa shape index (κ1) is 9.02. The Hall–Kier alpha value is -1.55. The van der Waals surface area contributed by atoms with Gasteiger partial charge in [0, 0.05) is 0 Å². The summed E-state index contributed by atoms with van der Waals surface area (Å²) in [7, 11) is 0. The molecule has 1 unspecified atom stereocenters. The quantitative estimate of drug-likeness (QED) is 0.380. The number of hydrogen-bond donors (Lipinski definition) is 2. The van der Waals surface area contributed by atoms with Crippen LogP contribution in [0.5, 0.6) is 5.75 Å². The van der Waals surface area contributed by atoms with Crippen molar-refractivity contribution in [1.29, 1.82) is 0 Å². The molecule has 0 bridgehead atoms. The van der Waals surface area contributed by atoms with E-state index in [4.69, 9.17) is 10.6 Å². The number of hydrogen-bond acceptors (Lipinski definition) is 3. The molecular weight excluding hydrogens is 180 g/mol. The maximum absolute atomic E-state index is 11.3. The highest BCUT2D eigenvalue weighted by atomic mass is 16.5. The van der Waals surface area contributed by atoms with Crippen LogP contribution in [0.3, 0.4) is 0 Å². The fourth-order valence-corrected chi connectivity index (χ4v) is 1.61. The maximum atomic E-state index is 11.3. The van der Waals surface area contributed by atoms with E-state index >= 15 is 0 Å². The number of carbonyl (C=O) groups is 1. The van der Waals surface area contributed by atoms with Gasteiger partial charge in [-0.3, -0.25) is 10.2 Å². The van der Waals surface area contributed by atoms with Crippen LogP contribution >= 0.6 is 0 Å². The second-order valence-corrected chi connectivity index (χ2v) is 3.33. The summed E-state index contributed by atoms with van der Waals surface area (Å²) in [6, 6.07) is 7.73. The average Bonchev–Trinajstić information content (AvgIpc) is 2.27. The van der Waals surface area contributed by atoms with Crippen LogP contribution in [0, 0.1) is 5.92 Å². The number of carbonyl (C=O) groups excluding carboxylic acids is 1. The highest BCUT2D eigenvalue weighted by molar-refractivity contribution is 5.78. The molecule has 1 aliphatic heterocycles. The van der Waals surface area contributed by atoms with Gasteiger partial charge in [-0.2, -0.15) is 0 Å². The Balaban J connectivity index is 2.17. The van der Waals surface area contributed by atoms with Gasteiger partial charge in [0.2, 0.25) is 5.91 Å². The molecule has 0 spiro atoms. The van der Waals surface area contributed by atoms with Gasteiger partial charge in [-0.15, -0.1) is 0 Å². The van der Waals surface area contributed by atoms with Gasteiger partial charge >= 0.3 is 0 Å². The van der Waals surface area contributed by atoms with Crippen molar-refractivity contribution in [2.75, 3.05) is 6.61 Å². The highest BCUT2D eigenvalue weighted by Gasteiger charge is 2.24. The fraction of sp³-hybridized carbons (Fsp3) is 0.300. The molecule has 1 amide bonds. The third-order valence-electron chi connectivity index (χ3n) is 2.39. The summed E-state index contributed by atoms with van der Waals surface area (Å²) in [6.07, 6.45) is 0.694. The van der Waals surface area contributed by atoms with Crippen LogP contribution in [-0.2, 0) is 11.2 Å². The van der Waals surface area contributed by atoms with Crippen molar-refractivity contribution in [3.8, 4) is 5.75 Å². The minimum atomic E-state index is -0.171. The topological polar surface area (TPSA) is 64.3 Å². The molecule has 0 saturated carbocycles. The first-order valence-electron chi connectivity index (χ1n) is 4.52. The summed E-state index contributed by atoms with van der Waals surface area (Å²) in [5, 5.41) is 0. The van der Waals surface area contributed by atoms with Gasteiger partial charge in [0.25, 0.3) is 0 Å². The zero-order valence-electron chi connectivity index (χ0n) is 7.69. The average molecular weight is 192 g/mol. The Morgan fingerprint density at radius 3 is 3.07 bits per heavy atom. The molecule has 0 aliphatic carbocycles. The van der Waals surface area contributed by atoms with E-state index in [-0.39, 0.29) is 11.8 Å². The number of nitrogens with one attached hydrogen (secondary N) is 1. The highest BCUT2D eigenvalue weighted by Crippen LogP contribution is 2.26. The van der Waals surface area contributed by atoms with Crippen LogP contribution in [0.15, 0.2) is 24.3 Å². The van der Waals surface area contributed by atoms with Gasteiger partial charge in [0.15, 0.2) is 0 Å². The first-order valence-corrected chi connectivity index (χ1v) is 4.52. The molecular formula is C10H12N2O2. The summed E-state index contributed by atoms with van der Waals surface area (Å²) in [4.78, 5) is 11.3. The van der Waals surface area contributed by atoms with Gasteiger partial charge in [-0.1, -0.05) is 18.2 Å². The monoisotopic (exact) mass is 192 g/mol. The van der Waals surface area contributed by atoms with Crippen molar-refractivity contribution in [2.24, 2.45) is 11.8 Å². The number of fused-ring (bicyclic) bond motifs is 1. The van der Waals surface area contributed by atoms with Crippen LogP contribution in [-0.4, -0.2) is 12.5 Å². The minimum absolute atomic E-state index is 0.167. The van der Waals surface area contributed by atoms with Crippen LogP contribution in [0.25, 0.3) is 0 Å². The molecule has 4 heteroatoms. The summed E-state index contributed by atoms with van der Waals surface area (Å²) in [6.45, 7) is 0.403. The SMILES string of the molecule is NNC(=O)C1COc2ccccc2C1. The summed E-state index contributed by atoms with van der Waals surface area (Å²) < 4.78 is 5.44. The van der Waals surface area contributed by atoms with E-state index in [2.05, 4.69) is 5.43 Å². The normalized spacial score (nSPS) is 19.4. The van der Waals surface area contributed by atoms with Gasteiger partial charge in [-0.25, -0.2) is 5.84 Å². The first-order chi connectivity index (χ1) is 6.81. The Morgan fingerprint density at radius 2 is 2.29 bits per heavy atom. The van der Waals surface area contributed by atoms with E-state index in [1.807, 2.05) is 24.3 Å². The zero-order chi connectivity index (χ0) is 9.97. The van der Waals surface area contributed by atoms with Crippen molar-refractivity contribution in [3.05, 3.63) is 29.8 Å². The second-order valence-electron chi connectivity index (χ2n) is 3.33. The largest absolute Gasteiger partial charge is 0.492 e. The molecule has 1 aromatic rings. The predicted molar refractivity (Wildman–Crippen MR) is 51.5 cm³/mol. The molecule has 1 atom stereocenters. The van der Waals surface area contributed by atoms with Crippen LogP contribution in [0.1, 0.15) is 5.56 Å². The van der Waals surface area contributed by atoms with Crippen LogP contribution in [0.4, 0.5) is 0 Å². The second kappa shape index (κ2) is 3.67. The summed E-state index contributed by atoms with van der Waals surface area (Å²) in [5.74, 6) is 5.60. The number of hydrazine groups is 1. The Bertz CT molecular complexity index is 352. The van der Waals surface area contributed by atoms with E-state index in [9.17, 15) is 4.79 Å². The Labute approximate surface area is 82.0 Å². The summed E-state index contributed by atoms with van der Waals surface area (Å²) in [5.41, 5.74) is 3.21. The predicted octanol–water partition coefficient (Wildman–Crippen LogP) is 0.228. The zero-order valence-corrected chi connectivity index (χ0v) is 7.69. The molecule has 2 rings (SSSR count). The number of nitrogens with two attached hydrogens (primary N) is 1. The lowest BCUT2D eigenvalue weighted by Crippen LogP contribution is -2.40. The van der Waals surface area contributed by atoms with E-state index < -0.39 is 0 Å². The van der Waals surface area contributed by atoms with Crippen LogP contribution < -0.4 is 16.0 Å². The molecule has 74 valence electrons. The Kier molecular flexibility index (Phi) is 2.37. The molecule has 0 saturated heterocycles. The molecule has 0 radical (unpaired) electrons. The van der Waals surface area contributed by atoms with E-state index in [1.165, 1.54) is 0 Å². The van der Waals surface area contributed by atoms with E-state index in [0.717, 1.165) is 11.3 Å². The van der Waals surface area contributed by atoms with Gasteiger partial charge in [0.05, 0.1) is 5.92 Å². The summed E-state index contributed by atoms with van der Waals surface area (Å²) >= 11 is 0. The molecule has 1 heterocycles. The van der Waals surface area contributed by atoms with Crippen LogP contribution in [0.2, 0.25) is 0 Å². The third-order valence-corrected chi connectivity index (χ3v) is 2.39. The number of benzene rings is 1. The molecule has 0 aromatic heterocycles. The lowest BCUT2D eigenvalue weighted by molar-refractivity contribution is -0.126. The van der Waals surface area contributed by atoms with Crippen molar-refractivity contribution in [1.82, 2.24) is 5.43 Å². The van der Waals surface area contributed by atoms with E-state index in [0.29, 0.717) is 13.0 Å². The van der Waals surface area contributed by atoms with Crippen molar-refractivity contribution >= 4 is 5.91 Å². The lowest BCUT2D eigenvalue weighted by atomic mass is 9.96. The van der Waals surface area contributed by atoms with Gasteiger partial charge in [-0.05, 0) is 18.1 Å². The van der Waals surface area contributed by atoms with Crippen molar-refractivity contribution in [3.63, 3.8) is 0 Å². The smallest absolute Gasteiger partial charge is 0.240 e. The molecule has 0 fully saturated rings. The molecule has 3 N–H and O–H groups in total. The third kappa shape index (κ3) is 1.56. The fourth-order valence-electron chi connectivity index (χ4n) is 1.61. The molecule has 14 heavy (non-hydrogen) atoms. The van der Waals surface area contributed by atoms with E-state index in [1.54, 1.807) is 0 Å². The van der Waals surface area contributed by atoms with Crippen molar-refractivity contribution in [2.45, 2.75) is 6.42 Å². The Morgan fingerprint density at radius 1 is 1.50 bits per heavy atom. The number of ether oxygens (including phenoxy) is 1. The number of rotatable bonds is 1. The number of amides is 1.